The summed E-state index contributed by atoms with van der Waals surface area (Å²) in [5.41, 5.74) is 0.826. The molecule has 0 spiro atoms. The van der Waals surface area contributed by atoms with E-state index in [1.165, 1.54) is 6.92 Å². The topological polar surface area (TPSA) is 34.1 Å². The number of benzene rings is 1. The SMILES string of the molecule is CC(=O)c1cc(Br)cc(Br)c1C=O. The van der Waals surface area contributed by atoms with Crippen molar-refractivity contribution in [1.29, 1.82) is 0 Å². The number of hydrogen-bond acceptors (Lipinski definition) is 2. The zero-order chi connectivity index (χ0) is 10.0. The van der Waals surface area contributed by atoms with E-state index in [1.54, 1.807) is 12.1 Å². The molecule has 68 valence electrons. The zero-order valence-corrected chi connectivity index (χ0v) is 9.98. The van der Waals surface area contributed by atoms with Crippen LogP contribution in [0.3, 0.4) is 0 Å². The van der Waals surface area contributed by atoms with E-state index in [1.807, 2.05) is 0 Å². The predicted molar refractivity (Wildman–Crippen MR) is 57.2 cm³/mol. The second-order valence-corrected chi connectivity index (χ2v) is 4.29. The van der Waals surface area contributed by atoms with Gasteiger partial charge in [0, 0.05) is 20.1 Å². The van der Waals surface area contributed by atoms with Crippen LogP contribution in [-0.2, 0) is 0 Å². The number of carbonyl (C=O) groups excluding carboxylic acids is 2. The van der Waals surface area contributed by atoms with Gasteiger partial charge in [-0.2, -0.15) is 0 Å². The van der Waals surface area contributed by atoms with Gasteiger partial charge < -0.3 is 0 Å². The molecular formula is C9H6Br2O2. The highest BCUT2D eigenvalue weighted by molar-refractivity contribution is 9.11. The Kier molecular flexibility index (Phi) is 3.39. The van der Waals surface area contributed by atoms with Crippen LogP contribution in [0.15, 0.2) is 21.1 Å². The first-order valence-electron chi connectivity index (χ1n) is 3.51. The van der Waals surface area contributed by atoms with Crippen LogP contribution in [0.4, 0.5) is 0 Å². The molecule has 1 aromatic rings. The summed E-state index contributed by atoms with van der Waals surface area (Å²) >= 11 is 6.46. The van der Waals surface area contributed by atoms with Gasteiger partial charge in [0.15, 0.2) is 12.1 Å². The third-order valence-electron chi connectivity index (χ3n) is 1.59. The molecule has 4 heteroatoms. The molecule has 0 aliphatic rings. The van der Waals surface area contributed by atoms with Crippen LogP contribution in [0.1, 0.15) is 27.6 Å². The molecule has 0 bridgehead atoms. The molecule has 0 heterocycles. The second-order valence-electron chi connectivity index (χ2n) is 2.52. The zero-order valence-electron chi connectivity index (χ0n) is 6.80. The Hall–Kier alpha value is -0.480. The lowest BCUT2D eigenvalue weighted by molar-refractivity contribution is 0.100. The van der Waals surface area contributed by atoms with Crippen LogP contribution in [0, 0.1) is 0 Å². The fourth-order valence-electron chi connectivity index (χ4n) is 0.996. The smallest absolute Gasteiger partial charge is 0.160 e. The minimum Gasteiger partial charge on any atom is -0.298 e. The summed E-state index contributed by atoms with van der Waals surface area (Å²) in [5.74, 6) is -0.121. The average molecular weight is 306 g/mol. The summed E-state index contributed by atoms with van der Waals surface area (Å²) in [7, 11) is 0. The van der Waals surface area contributed by atoms with E-state index < -0.39 is 0 Å². The number of Topliss-reactive ketones (excluding diaryl/α,β-unsaturated/α-hetero) is 1. The highest BCUT2D eigenvalue weighted by Gasteiger charge is 2.10. The lowest BCUT2D eigenvalue weighted by Crippen LogP contribution is -1.99. The minimum absolute atomic E-state index is 0.121. The maximum absolute atomic E-state index is 11.1. The van der Waals surface area contributed by atoms with Crippen LogP contribution < -0.4 is 0 Å². The van der Waals surface area contributed by atoms with Gasteiger partial charge in [0.1, 0.15) is 0 Å². The van der Waals surface area contributed by atoms with Crippen LogP contribution in [-0.4, -0.2) is 12.1 Å². The van der Waals surface area contributed by atoms with Gasteiger partial charge in [-0.05, 0) is 35.0 Å². The van der Waals surface area contributed by atoms with Gasteiger partial charge in [-0.15, -0.1) is 0 Å². The van der Waals surface area contributed by atoms with E-state index >= 15 is 0 Å². The molecule has 0 fully saturated rings. The molecule has 0 aromatic heterocycles. The third-order valence-corrected chi connectivity index (χ3v) is 2.71. The lowest BCUT2D eigenvalue weighted by Gasteiger charge is -2.03. The lowest BCUT2D eigenvalue weighted by atomic mass is 10.1. The summed E-state index contributed by atoms with van der Waals surface area (Å²) in [4.78, 5) is 21.8. The van der Waals surface area contributed by atoms with Crippen molar-refractivity contribution >= 4 is 43.9 Å². The molecule has 0 saturated heterocycles. The van der Waals surface area contributed by atoms with Gasteiger partial charge in [-0.1, -0.05) is 15.9 Å². The van der Waals surface area contributed by atoms with Crippen molar-refractivity contribution < 1.29 is 9.59 Å². The Bertz CT molecular complexity index is 372. The van der Waals surface area contributed by atoms with E-state index in [2.05, 4.69) is 31.9 Å². The van der Waals surface area contributed by atoms with Gasteiger partial charge in [0.05, 0.1) is 0 Å². The van der Waals surface area contributed by atoms with Crippen molar-refractivity contribution in [2.45, 2.75) is 6.92 Å². The molecule has 1 aromatic carbocycles. The van der Waals surface area contributed by atoms with Crippen molar-refractivity contribution in [1.82, 2.24) is 0 Å². The Morgan fingerprint density at radius 1 is 1.38 bits per heavy atom. The number of aldehydes is 1. The summed E-state index contributed by atoms with van der Waals surface area (Å²) in [6, 6.07) is 3.37. The fourth-order valence-corrected chi connectivity index (χ4v) is 2.31. The van der Waals surface area contributed by atoms with Gasteiger partial charge in [-0.25, -0.2) is 0 Å². The number of ketones is 1. The maximum Gasteiger partial charge on any atom is 0.160 e. The van der Waals surface area contributed by atoms with Crippen LogP contribution in [0.25, 0.3) is 0 Å². The average Bonchev–Trinajstić information content (AvgIpc) is 2.02. The number of halogens is 2. The van der Waals surface area contributed by atoms with E-state index in [4.69, 9.17) is 0 Å². The molecule has 0 atom stereocenters. The summed E-state index contributed by atoms with van der Waals surface area (Å²) < 4.78 is 1.40. The monoisotopic (exact) mass is 304 g/mol. The minimum atomic E-state index is -0.121. The molecule has 0 unspecified atom stereocenters. The number of carbonyl (C=O) groups is 2. The molecule has 0 N–H and O–H groups in total. The first-order chi connectivity index (χ1) is 6.06. The standard InChI is InChI=1S/C9H6Br2O2/c1-5(13)7-2-6(10)3-9(11)8(7)4-12/h2-4H,1H3. The van der Waals surface area contributed by atoms with Crippen LogP contribution >= 0.6 is 31.9 Å². The van der Waals surface area contributed by atoms with Gasteiger partial charge in [0.2, 0.25) is 0 Å². The van der Waals surface area contributed by atoms with Gasteiger partial charge in [-0.3, -0.25) is 9.59 Å². The summed E-state index contributed by atoms with van der Waals surface area (Å²) in [6.45, 7) is 1.43. The molecule has 1 rings (SSSR count). The summed E-state index contributed by atoms with van der Waals surface area (Å²) in [5, 5.41) is 0. The molecule has 0 aliphatic carbocycles. The van der Waals surface area contributed by atoms with Gasteiger partial charge in [0.25, 0.3) is 0 Å². The molecule has 0 saturated carbocycles. The van der Waals surface area contributed by atoms with Crippen molar-refractivity contribution in [2.75, 3.05) is 0 Å². The molecule has 0 amide bonds. The first kappa shape index (κ1) is 10.6. The molecule has 0 aliphatic heterocycles. The maximum atomic E-state index is 11.1. The molecule has 0 radical (unpaired) electrons. The van der Waals surface area contributed by atoms with E-state index in [0.29, 0.717) is 21.9 Å². The number of hydrogen-bond donors (Lipinski definition) is 0. The van der Waals surface area contributed by atoms with Crippen LogP contribution in [0.2, 0.25) is 0 Å². The molecule has 2 nitrogen and oxygen atoms in total. The van der Waals surface area contributed by atoms with Crippen molar-refractivity contribution in [3.63, 3.8) is 0 Å². The predicted octanol–water partition coefficient (Wildman–Crippen LogP) is 3.23. The highest BCUT2D eigenvalue weighted by Crippen LogP contribution is 2.25. The fraction of sp³-hybridized carbons (Fsp3) is 0.111. The van der Waals surface area contributed by atoms with Gasteiger partial charge >= 0.3 is 0 Å². The molecular weight excluding hydrogens is 300 g/mol. The largest absolute Gasteiger partial charge is 0.298 e. The third kappa shape index (κ3) is 2.25. The Balaban J connectivity index is 3.46. The summed E-state index contributed by atoms with van der Waals surface area (Å²) in [6.07, 6.45) is 0.674. The van der Waals surface area contributed by atoms with Crippen molar-refractivity contribution in [2.24, 2.45) is 0 Å². The highest BCUT2D eigenvalue weighted by atomic mass is 79.9. The quantitative estimate of drug-likeness (QED) is 0.621. The normalized spacial score (nSPS) is 9.77. The molecule has 13 heavy (non-hydrogen) atoms. The Labute approximate surface area is 92.6 Å². The van der Waals surface area contributed by atoms with E-state index in [-0.39, 0.29) is 5.78 Å². The van der Waals surface area contributed by atoms with E-state index in [9.17, 15) is 9.59 Å². The van der Waals surface area contributed by atoms with E-state index in [0.717, 1.165) is 4.47 Å². The number of rotatable bonds is 2. The Morgan fingerprint density at radius 2 is 2.00 bits per heavy atom. The second kappa shape index (κ2) is 4.15. The van der Waals surface area contributed by atoms with Crippen molar-refractivity contribution in [3.05, 3.63) is 32.2 Å². The Morgan fingerprint density at radius 3 is 2.46 bits per heavy atom. The first-order valence-corrected chi connectivity index (χ1v) is 5.10. The van der Waals surface area contributed by atoms with Crippen molar-refractivity contribution in [3.8, 4) is 0 Å². The van der Waals surface area contributed by atoms with Crippen LogP contribution in [0.5, 0.6) is 0 Å².